The van der Waals surface area contributed by atoms with Crippen LogP contribution in [0.3, 0.4) is 0 Å². The first-order valence-electron chi connectivity index (χ1n) is 5.54. The summed E-state index contributed by atoms with van der Waals surface area (Å²) in [5, 5.41) is 0. The van der Waals surface area contributed by atoms with Crippen LogP contribution in [0.15, 0.2) is 18.3 Å². The number of halogens is 1. The van der Waals surface area contributed by atoms with Crippen LogP contribution in [0.4, 0.5) is 4.39 Å². The SMILES string of the molecule is COC1(CCOc2ccnc(F)c2)CCC1. The Labute approximate surface area is 94.6 Å². The van der Waals surface area contributed by atoms with Gasteiger partial charge in [-0.25, -0.2) is 4.98 Å². The molecule has 1 aliphatic carbocycles. The van der Waals surface area contributed by atoms with Crippen LogP contribution in [0.5, 0.6) is 5.75 Å². The molecule has 16 heavy (non-hydrogen) atoms. The van der Waals surface area contributed by atoms with E-state index in [-0.39, 0.29) is 5.60 Å². The van der Waals surface area contributed by atoms with E-state index in [1.807, 2.05) is 0 Å². The molecule has 0 unspecified atom stereocenters. The Morgan fingerprint density at radius 1 is 1.50 bits per heavy atom. The highest BCUT2D eigenvalue weighted by Crippen LogP contribution is 2.37. The summed E-state index contributed by atoms with van der Waals surface area (Å²) in [6.07, 6.45) is 5.67. The molecule has 1 aliphatic rings. The molecule has 88 valence electrons. The largest absolute Gasteiger partial charge is 0.493 e. The summed E-state index contributed by atoms with van der Waals surface area (Å²) in [6.45, 7) is 0.553. The van der Waals surface area contributed by atoms with Crippen molar-refractivity contribution in [3.63, 3.8) is 0 Å². The average Bonchev–Trinajstić information content (AvgIpc) is 2.22. The van der Waals surface area contributed by atoms with E-state index in [4.69, 9.17) is 9.47 Å². The monoisotopic (exact) mass is 225 g/mol. The van der Waals surface area contributed by atoms with Crippen molar-refractivity contribution in [1.82, 2.24) is 4.98 Å². The Morgan fingerprint density at radius 3 is 2.88 bits per heavy atom. The number of rotatable bonds is 5. The molecule has 3 nitrogen and oxygen atoms in total. The van der Waals surface area contributed by atoms with Gasteiger partial charge in [-0.1, -0.05) is 0 Å². The quantitative estimate of drug-likeness (QED) is 0.722. The number of ether oxygens (including phenoxy) is 2. The molecule has 0 spiro atoms. The number of aromatic nitrogens is 1. The van der Waals surface area contributed by atoms with Gasteiger partial charge < -0.3 is 9.47 Å². The Balaban J connectivity index is 1.79. The lowest BCUT2D eigenvalue weighted by molar-refractivity contribution is -0.0835. The van der Waals surface area contributed by atoms with Gasteiger partial charge in [0.15, 0.2) is 0 Å². The van der Waals surface area contributed by atoms with Crippen molar-refractivity contribution in [3.05, 3.63) is 24.3 Å². The summed E-state index contributed by atoms with van der Waals surface area (Å²) in [6, 6.07) is 2.95. The van der Waals surface area contributed by atoms with Crippen molar-refractivity contribution in [1.29, 1.82) is 0 Å². The summed E-state index contributed by atoms with van der Waals surface area (Å²) in [4.78, 5) is 3.47. The summed E-state index contributed by atoms with van der Waals surface area (Å²) in [7, 11) is 1.74. The van der Waals surface area contributed by atoms with Gasteiger partial charge >= 0.3 is 0 Å². The van der Waals surface area contributed by atoms with Gasteiger partial charge in [-0.05, 0) is 25.3 Å². The standard InChI is InChI=1S/C12H16FNO2/c1-15-12(4-2-5-12)6-8-16-10-3-7-14-11(13)9-10/h3,7,9H,2,4-6,8H2,1H3. The Kier molecular flexibility index (Phi) is 3.39. The molecule has 1 heterocycles. The highest BCUT2D eigenvalue weighted by molar-refractivity contribution is 5.17. The van der Waals surface area contributed by atoms with Crippen molar-refractivity contribution >= 4 is 0 Å². The van der Waals surface area contributed by atoms with Gasteiger partial charge in [0.05, 0.1) is 12.2 Å². The van der Waals surface area contributed by atoms with Crippen molar-refractivity contribution in [2.24, 2.45) is 0 Å². The minimum absolute atomic E-state index is 0.00553. The van der Waals surface area contributed by atoms with Crippen LogP contribution in [0.2, 0.25) is 0 Å². The second kappa shape index (κ2) is 4.78. The molecule has 0 aromatic carbocycles. The maximum absolute atomic E-state index is 12.8. The number of methoxy groups -OCH3 is 1. The minimum Gasteiger partial charge on any atom is -0.493 e. The van der Waals surface area contributed by atoms with E-state index in [9.17, 15) is 4.39 Å². The van der Waals surface area contributed by atoms with Crippen molar-refractivity contribution in [2.45, 2.75) is 31.3 Å². The first-order valence-corrected chi connectivity index (χ1v) is 5.54. The van der Waals surface area contributed by atoms with E-state index in [1.165, 1.54) is 18.7 Å². The van der Waals surface area contributed by atoms with E-state index in [2.05, 4.69) is 4.98 Å². The van der Waals surface area contributed by atoms with Crippen molar-refractivity contribution < 1.29 is 13.9 Å². The fraction of sp³-hybridized carbons (Fsp3) is 0.583. The van der Waals surface area contributed by atoms with E-state index < -0.39 is 5.95 Å². The van der Waals surface area contributed by atoms with Gasteiger partial charge in [0.25, 0.3) is 0 Å². The normalized spacial score (nSPS) is 17.9. The lowest BCUT2D eigenvalue weighted by Gasteiger charge is -2.40. The maximum Gasteiger partial charge on any atom is 0.216 e. The fourth-order valence-electron chi connectivity index (χ4n) is 1.96. The first-order chi connectivity index (χ1) is 7.74. The zero-order valence-corrected chi connectivity index (χ0v) is 9.41. The van der Waals surface area contributed by atoms with Crippen LogP contribution in [-0.4, -0.2) is 24.3 Å². The Bertz CT molecular complexity index is 347. The van der Waals surface area contributed by atoms with E-state index in [1.54, 1.807) is 13.2 Å². The zero-order valence-electron chi connectivity index (χ0n) is 9.41. The predicted octanol–water partition coefficient (Wildman–Crippen LogP) is 2.56. The number of hydrogen-bond acceptors (Lipinski definition) is 3. The van der Waals surface area contributed by atoms with Crippen LogP contribution >= 0.6 is 0 Å². The van der Waals surface area contributed by atoms with Gasteiger partial charge in [0, 0.05) is 25.8 Å². The van der Waals surface area contributed by atoms with E-state index in [0.29, 0.717) is 12.4 Å². The van der Waals surface area contributed by atoms with Crippen molar-refractivity contribution in [2.75, 3.05) is 13.7 Å². The third-order valence-corrected chi connectivity index (χ3v) is 3.22. The number of pyridine rings is 1. The molecule has 0 radical (unpaired) electrons. The van der Waals surface area contributed by atoms with Crippen LogP contribution in [0.1, 0.15) is 25.7 Å². The van der Waals surface area contributed by atoms with Gasteiger partial charge in [-0.3, -0.25) is 0 Å². The average molecular weight is 225 g/mol. The molecule has 1 saturated carbocycles. The third kappa shape index (κ3) is 2.50. The zero-order chi connectivity index (χ0) is 11.4. The van der Waals surface area contributed by atoms with Gasteiger partial charge in [-0.2, -0.15) is 4.39 Å². The third-order valence-electron chi connectivity index (χ3n) is 3.22. The first kappa shape index (κ1) is 11.3. The highest BCUT2D eigenvalue weighted by Gasteiger charge is 2.36. The van der Waals surface area contributed by atoms with Crippen molar-refractivity contribution in [3.8, 4) is 5.75 Å². The molecule has 0 atom stereocenters. The summed E-state index contributed by atoms with van der Waals surface area (Å²) >= 11 is 0. The molecular formula is C12H16FNO2. The minimum atomic E-state index is -0.511. The lowest BCUT2D eigenvalue weighted by Crippen LogP contribution is -2.40. The molecule has 0 amide bonds. The maximum atomic E-state index is 12.8. The molecule has 0 bridgehead atoms. The van der Waals surface area contributed by atoms with Crippen LogP contribution in [0.25, 0.3) is 0 Å². The van der Waals surface area contributed by atoms with Gasteiger partial charge in [-0.15, -0.1) is 0 Å². The number of hydrogen-bond donors (Lipinski definition) is 0. The summed E-state index contributed by atoms with van der Waals surface area (Å²) < 4.78 is 23.7. The predicted molar refractivity (Wildman–Crippen MR) is 57.9 cm³/mol. The second-order valence-corrected chi connectivity index (χ2v) is 4.15. The van der Waals surface area contributed by atoms with E-state index >= 15 is 0 Å². The van der Waals surface area contributed by atoms with Gasteiger partial charge in [0.1, 0.15) is 5.75 Å². The van der Waals surface area contributed by atoms with Crippen LogP contribution in [0, 0.1) is 5.95 Å². The summed E-state index contributed by atoms with van der Waals surface area (Å²) in [5.74, 6) is 0.0145. The Morgan fingerprint density at radius 2 is 2.31 bits per heavy atom. The molecular weight excluding hydrogens is 209 g/mol. The molecule has 1 aromatic heterocycles. The van der Waals surface area contributed by atoms with E-state index in [0.717, 1.165) is 19.3 Å². The fourth-order valence-corrected chi connectivity index (χ4v) is 1.96. The molecule has 1 aromatic rings. The highest BCUT2D eigenvalue weighted by atomic mass is 19.1. The smallest absolute Gasteiger partial charge is 0.216 e. The van der Waals surface area contributed by atoms with Crippen LogP contribution in [-0.2, 0) is 4.74 Å². The topological polar surface area (TPSA) is 31.4 Å². The van der Waals surface area contributed by atoms with Crippen LogP contribution < -0.4 is 4.74 Å². The summed E-state index contributed by atoms with van der Waals surface area (Å²) in [5.41, 5.74) is 0.00553. The Hall–Kier alpha value is -1.16. The molecule has 0 saturated heterocycles. The molecule has 4 heteroatoms. The second-order valence-electron chi connectivity index (χ2n) is 4.15. The molecule has 2 rings (SSSR count). The molecule has 1 fully saturated rings. The number of nitrogens with zero attached hydrogens (tertiary/aromatic N) is 1. The molecule has 0 aliphatic heterocycles. The lowest BCUT2D eigenvalue weighted by atomic mass is 9.78. The van der Waals surface area contributed by atoms with Gasteiger partial charge in [0.2, 0.25) is 5.95 Å². The molecule has 0 N–H and O–H groups in total.